The molecule has 0 radical (unpaired) electrons. The Balaban J connectivity index is 2.17. The molecule has 0 amide bonds. The summed E-state index contributed by atoms with van der Waals surface area (Å²) in [6.45, 7) is 13.0. The summed E-state index contributed by atoms with van der Waals surface area (Å²) in [5.74, 6) is 0.724. The molecule has 3 aromatic rings. The fraction of sp³-hybridized carbons (Fsp3) is 0.269. The third-order valence-corrected chi connectivity index (χ3v) is 7.90. The highest BCUT2D eigenvalue weighted by atomic mass is 32.2. The van der Waals surface area contributed by atoms with Gasteiger partial charge in [-0.05, 0) is 41.5 Å². The van der Waals surface area contributed by atoms with Gasteiger partial charge in [0.1, 0.15) is 0 Å². The SMILES string of the molecule is Cc1cc(C)c([S+](CC(=O)c2ccccc2)c2c(C)cc(C)cc2C)c(C)c1. The van der Waals surface area contributed by atoms with E-state index in [4.69, 9.17) is 0 Å². The second-order valence-electron chi connectivity index (χ2n) is 7.78. The van der Waals surface area contributed by atoms with Crippen molar-refractivity contribution in [3.8, 4) is 0 Å². The molecule has 0 aliphatic heterocycles. The van der Waals surface area contributed by atoms with E-state index in [0.717, 1.165) is 5.56 Å². The van der Waals surface area contributed by atoms with Crippen molar-refractivity contribution in [2.75, 3.05) is 5.75 Å². The second kappa shape index (κ2) is 8.36. The third kappa shape index (κ3) is 4.23. The van der Waals surface area contributed by atoms with E-state index < -0.39 is 0 Å². The Labute approximate surface area is 172 Å². The molecule has 0 saturated carbocycles. The molecule has 2 heteroatoms. The van der Waals surface area contributed by atoms with Gasteiger partial charge in [-0.3, -0.25) is 4.79 Å². The average Bonchev–Trinajstić information content (AvgIpc) is 2.60. The minimum absolute atomic E-state index is 0.211. The Kier molecular flexibility index (Phi) is 6.10. The summed E-state index contributed by atoms with van der Waals surface area (Å²) in [4.78, 5) is 15.8. The van der Waals surface area contributed by atoms with E-state index in [-0.39, 0.29) is 16.7 Å². The van der Waals surface area contributed by atoms with Crippen LogP contribution in [0.5, 0.6) is 0 Å². The molecule has 0 aromatic heterocycles. The first-order valence-electron chi connectivity index (χ1n) is 9.72. The van der Waals surface area contributed by atoms with Crippen molar-refractivity contribution < 1.29 is 4.79 Å². The monoisotopic (exact) mass is 389 g/mol. The van der Waals surface area contributed by atoms with Gasteiger partial charge in [0.25, 0.3) is 0 Å². The standard InChI is InChI=1S/C26H29OS/c1-17-12-19(3)25(20(4)13-17)28(16-24(27)23-10-8-7-9-11-23)26-21(5)14-18(2)15-22(26)6/h7-15H,16H2,1-6H3/q+1. The number of rotatable bonds is 5. The first-order chi connectivity index (χ1) is 13.3. The van der Waals surface area contributed by atoms with Gasteiger partial charge in [0.2, 0.25) is 5.78 Å². The van der Waals surface area contributed by atoms with Crippen LogP contribution in [-0.2, 0) is 10.9 Å². The van der Waals surface area contributed by atoms with Crippen molar-refractivity contribution in [3.63, 3.8) is 0 Å². The van der Waals surface area contributed by atoms with Gasteiger partial charge in [-0.2, -0.15) is 0 Å². The molecule has 0 unspecified atom stereocenters. The predicted octanol–water partition coefficient (Wildman–Crippen LogP) is 6.46. The van der Waals surface area contributed by atoms with E-state index in [1.165, 1.54) is 43.2 Å². The van der Waals surface area contributed by atoms with E-state index >= 15 is 0 Å². The number of hydrogen-bond acceptors (Lipinski definition) is 1. The van der Waals surface area contributed by atoms with Crippen LogP contribution in [0.25, 0.3) is 0 Å². The maximum absolute atomic E-state index is 13.2. The number of benzene rings is 3. The van der Waals surface area contributed by atoms with Crippen molar-refractivity contribution in [2.24, 2.45) is 0 Å². The molecule has 0 bridgehead atoms. The Hall–Kier alpha value is -2.32. The van der Waals surface area contributed by atoms with Crippen LogP contribution in [0.3, 0.4) is 0 Å². The topological polar surface area (TPSA) is 17.1 Å². The van der Waals surface area contributed by atoms with Gasteiger partial charge in [-0.15, -0.1) is 0 Å². The summed E-state index contributed by atoms with van der Waals surface area (Å²) >= 11 is 0. The molecule has 3 rings (SSSR count). The van der Waals surface area contributed by atoms with Gasteiger partial charge in [0.15, 0.2) is 15.5 Å². The summed E-state index contributed by atoms with van der Waals surface area (Å²) in [6, 6.07) is 18.7. The van der Waals surface area contributed by atoms with E-state index in [2.05, 4.69) is 65.8 Å². The first-order valence-corrected chi connectivity index (χ1v) is 11.1. The van der Waals surface area contributed by atoms with Gasteiger partial charge in [0, 0.05) is 27.8 Å². The van der Waals surface area contributed by atoms with Gasteiger partial charge in [0.05, 0.1) is 10.9 Å². The van der Waals surface area contributed by atoms with Gasteiger partial charge < -0.3 is 0 Å². The maximum atomic E-state index is 13.2. The van der Waals surface area contributed by atoms with E-state index in [9.17, 15) is 4.79 Å². The minimum Gasteiger partial charge on any atom is -0.289 e. The number of Topliss-reactive ketones (excluding diaryl/α,β-unsaturated/α-hetero) is 1. The van der Waals surface area contributed by atoms with Crippen molar-refractivity contribution in [3.05, 3.63) is 93.5 Å². The lowest BCUT2D eigenvalue weighted by Crippen LogP contribution is -2.21. The first kappa shape index (κ1) is 20.4. The third-order valence-electron chi connectivity index (χ3n) is 5.07. The molecule has 3 aromatic carbocycles. The largest absolute Gasteiger partial charge is 0.289 e. The molecular formula is C26H29OS+. The lowest BCUT2D eigenvalue weighted by Gasteiger charge is -2.17. The minimum atomic E-state index is -0.294. The number of carbonyl (C=O) groups excluding carboxylic acids is 1. The smallest absolute Gasteiger partial charge is 0.212 e. The molecule has 0 saturated heterocycles. The zero-order chi connectivity index (χ0) is 20.4. The maximum Gasteiger partial charge on any atom is 0.212 e. The summed E-state index contributed by atoms with van der Waals surface area (Å²) in [7, 11) is -0.294. The molecule has 0 fully saturated rings. The molecule has 0 spiro atoms. The number of carbonyl (C=O) groups is 1. The Morgan fingerprint density at radius 1 is 0.679 bits per heavy atom. The molecule has 0 N–H and O–H groups in total. The highest BCUT2D eigenvalue weighted by Crippen LogP contribution is 2.35. The highest BCUT2D eigenvalue weighted by Gasteiger charge is 2.35. The molecule has 1 nitrogen and oxygen atoms in total. The van der Waals surface area contributed by atoms with Crippen LogP contribution in [-0.4, -0.2) is 11.5 Å². The van der Waals surface area contributed by atoms with Crippen LogP contribution < -0.4 is 0 Å². The molecular weight excluding hydrogens is 360 g/mol. The van der Waals surface area contributed by atoms with Crippen molar-refractivity contribution >= 4 is 16.7 Å². The Morgan fingerprint density at radius 3 is 1.46 bits per heavy atom. The van der Waals surface area contributed by atoms with Crippen LogP contribution in [0, 0.1) is 41.5 Å². The highest BCUT2D eigenvalue weighted by molar-refractivity contribution is 7.97. The number of aryl methyl sites for hydroxylation is 6. The zero-order valence-electron chi connectivity index (χ0n) is 17.7. The lowest BCUT2D eigenvalue weighted by molar-refractivity contribution is 0.102. The van der Waals surface area contributed by atoms with Gasteiger partial charge >= 0.3 is 0 Å². The summed E-state index contributed by atoms with van der Waals surface area (Å²) in [5.41, 5.74) is 8.46. The number of hydrogen-bond donors (Lipinski definition) is 0. The van der Waals surface area contributed by atoms with Crippen LogP contribution in [0.1, 0.15) is 43.7 Å². The van der Waals surface area contributed by atoms with E-state index in [1.807, 2.05) is 30.3 Å². The number of ketones is 1. The molecule has 0 aliphatic carbocycles. The van der Waals surface area contributed by atoms with Crippen LogP contribution in [0.2, 0.25) is 0 Å². The summed E-state index contributed by atoms with van der Waals surface area (Å²) in [5, 5.41) is 0. The molecule has 0 heterocycles. The molecule has 144 valence electrons. The summed E-state index contributed by atoms with van der Waals surface area (Å²) in [6.07, 6.45) is 0. The zero-order valence-corrected chi connectivity index (χ0v) is 18.5. The molecule has 28 heavy (non-hydrogen) atoms. The molecule has 0 aliphatic rings. The normalized spacial score (nSPS) is 11.1. The van der Waals surface area contributed by atoms with Gasteiger partial charge in [-0.1, -0.05) is 65.7 Å². The van der Waals surface area contributed by atoms with E-state index in [0.29, 0.717) is 5.75 Å². The van der Waals surface area contributed by atoms with Gasteiger partial charge in [-0.25, -0.2) is 0 Å². The van der Waals surface area contributed by atoms with Crippen LogP contribution in [0.15, 0.2) is 64.4 Å². The van der Waals surface area contributed by atoms with Crippen molar-refractivity contribution in [1.82, 2.24) is 0 Å². The van der Waals surface area contributed by atoms with Crippen LogP contribution in [0.4, 0.5) is 0 Å². The van der Waals surface area contributed by atoms with E-state index in [1.54, 1.807) is 0 Å². The Bertz CT molecular complexity index is 914. The second-order valence-corrected chi connectivity index (χ2v) is 9.67. The summed E-state index contributed by atoms with van der Waals surface area (Å²) < 4.78 is 0. The van der Waals surface area contributed by atoms with Crippen molar-refractivity contribution in [2.45, 2.75) is 51.3 Å². The fourth-order valence-corrected chi connectivity index (χ4v) is 6.91. The lowest BCUT2D eigenvalue weighted by atomic mass is 10.1. The van der Waals surface area contributed by atoms with Crippen LogP contribution >= 0.6 is 0 Å². The average molecular weight is 390 g/mol. The quantitative estimate of drug-likeness (QED) is 0.362. The predicted molar refractivity (Wildman–Crippen MR) is 121 cm³/mol. The molecule has 0 atom stereocenters. The van der Waals surface area contributed by atoms with Crippen molar-refractivity contribution in [1.29, 1.82) is 0 Å². The fourth-order valence-electron chi connectivity index (χ4n) is 4.20. The Morgan fingerprint density at radius 2 is 1.07 bits per heavy atom.